The minimum Gasteiger partial charge on any atom is -0.493 e. The molecule has 0 saturated carbocycles. The van der Waals surface area contributed by atoms with Crippen molar-refractivity contribution in [2.45, 2.75) is 20.5 Å². The van der Waals surface area contributed by atoms with E-state index in [-0.39, 0.29) is 5.91 Å². The molecule has 0 unspecified atom stereocenters. The molecule has 1 aliphatic rings. The summed E-state index contributed by atoms with van der Waals surface area (Å²) in [5.41, 5.74) is 4.51. The van der Waals surface area contributed by atoms with E-state index >= 15 is 0 Å². The van der Waals surface area contributed by atoms with Crippen LogP contribution < -0.4 is 14.4 Å². The average Bonchev–Trinajstić information content (AvgIpc) is 3.04. The van der Waals surface area contributed by atoms with Gasteiger partial charge in [0.1, 0.15) is 6.61 Å². The maximum absolute atomic E-state index is 13.2. The van der Waals surface area contributed by atoms with Crippen LogP contribution in [0, 0.1) is 5.92 Å². The zero-order chi connectivity index (χ0) is 22.7. The van der Waals surface area contributed by atoms with Gasteiger partial charge in [0.05, 0.1) is 12.8 Å². The zero-order valence-corrected chi connectivity index (χ0v) is 19.2. The third-order valence-electron chi connectivity index (χ3n) is 5.31. The van der Waals surface area contributed by atoms with E-state index in [2.05, 4.69) is 13.8 Å². The lowest BCUT2D eigenvalue weighted by Crippen LogP contribution is -2.30. The standard InChI is InChI=1S/C27H26ClNO3/c1-18(2)16-29-24-7-5-4-6-22(24)23(27(29)30)14-20-10-13-25(26(15-20)31-3)32-17-19-8-11-21(28)12-9-19/h4-15,18H,16-17H2,1-3H3/b23-14-. The van der Waals surface area contributed by atoms with Gasteiger partial charge in [0.15, 0.2) is 11.5 Å². The smallest absolute Gasteiger partial charge is 0.259 e. The number of fused-ring (bicyclic) bond motifs is 1. The maximum Gasteiger partial charge on any atom is 0.259 e. The third kappa shape index (κ3) is 4.66. The first kappa shape index (κ1) is 22.0. The number of nitrogens with zero attached hydrogens (tertiary/aromatic N) is 1. The van der Waals surface area contributed by atoms with Gasteiger partial charge in [-0.3, -0.25) is 4.79 Å². The van der Waals surface area contributed by atoms with Crippen LogP contribution in [-0.4, -0.2) is 19.6 Å². The fourth-order valence-electron chi connectivity index (χ4n) is 3.79. The number of methoxy groups -OCH3 is 1. The molecule has 1 heterocycles. The summed E-state index contributed by atoms with van der Waals surface area (Å²) in [4.78, 5) is 15.1. The van der Waals surface area contributed by atoms with Crippen LogP contribution >= 0.6 is 11.6 Å². The van der Waals surface area contributed by atoms with Gasteiger partial charge in [0.2, 0.25) is 0 Å². The number of hydrogen-bond acceptors (Lipinski definition) is 3. The summed E-state index contributed by atoms with van der Waals surface area (Å²) in [7, 11) is 1.61. The molecule has 3 aromatic rings. The summed E-state index contributed by atoms with van der Waals surface area (Å²) in [6.07, 6.45) is 1.92. The molecule has 0 spiro atoms. The zero-order valence-electron chi connectivity index (χ0n) is 18.5. The van der Waals surface area contributed by atoms with Crippen LogP contribution in [0.15, 0.2) is 66.7 Å². The van der Waals surface area contributed by atoms with Gasteiger partial charge in [-0.05, 0) is 53.5 Å². The van der Waals surface area contributed by atoms with Crippen molar-refractivity contribution in [3.63, 3.8) is 0 Å². The summed E-state index contributed by atoms with van der Waals surface area (Å²) < 4.78 is 11.5. The molecule has 0 aromatic heterocycles. The molecule has 0 aliphatic carbocycles. The van der Waals surface area contributed by atoms with Crippen molar-refractivity contribution in [3.05, 3.63) is 88.4 Å². The van der Waals surface area contributed by atoms with E-state index in [0.717, 1.165) is 22.4 Å². The fraction of sp³-hybridized carbons (Fsp3) is 0.222. The molecule has 0 radical (unpaired) electrons. The van der Waals surface area contributed by atoms with Crippen LogP contribution in [0.5, 0.6) is 11.5 Å². The predicted molar refractivity (Wildman–Crippen MR) is 130 cm³/mol. The third-order valence-corrected chi connectivity index (χ3v) is 5.57. The Labute approximate surface area is 194 Å². The fourth-order valence-corrected chi connectivity index (χ4v) is 3.92. The minimum absolute atomic E-state index is 0.0296. The van der Waals surface area contributed by atoms with Gasteiger partial charge in [0, 0.05) is 22.7 Å². The summed E-state index contributed by atoms with van der Waals surface area (Å²) in [5, 5.41) is 0.693. The molecule has 0 bridgehead atoms. The number of anilines is 1. The van der Waals surface area contributed by atoms with Gasteiger partial charge >= 0.3 is 0 Å². The first-order valence-electron chi connectivity index (χ1n) is 10.6. The van der Waals surface area contributed by atoms with Crippen molar-refractivity contribution < 1.29 is 14.3 Å². The van der Waals surface area contributed by atoms with Crippen LogP contribution in [-0.2, 0) is 11.4 Å². The SMILES string of the molecule is COc1cc(/C=C2\C(=O)N(CC(C)C)c3ccccc32)ccc1OCc1ccc(Cl)cc1. The Morgan fingerprint density at radius 3 is 2.47 bits per heavy atom. The highest BCUT2D eigenvalue weighted by atomic mass is 35.5. The van der Waals surface area contributed by atoms with Gasteiger partial charge < -0.3 is 14.4 Å². The summed E-state index contributed by atoms with van der Waals surface area (Å²) in [6.45, 7) is 5.33. The molecule has 4 nitrogen and oxygen atoms in total. The first-order chi connectivity index (χ1) is 15.5. The van der Waals surface area contributed by atoms with Crippen LogP contribution in [0.2, 0.25) is 5.02 Å². The molecule has 5 heteroatoms. The normalized spacial score (nSPS) is 14.2. The predicted octanol–water partition coefficient (Wildman–Crippen LogP) is 6.47. The number of rotatable bonds is 7. The Morgan fingerprint density at radius 1 is 1.00 bits per heavy atom. The monoisotopic (exact) mass is 447 g/mol. The number of para-hydroxylation sites is 1. The molecule has 4 rings (SSSR count). The van der Waals surface area contributed by atoms with Gasteiger partial charge in [0.25, 0.3) is 5.91 Å². The second-order valence-electron chi connectivity index (χ2n) is 8.21. The Balaban J connectivity index is 1.60. The second-order valence-corrected chi connectivity index (χ2v) is 8.65. The van der Waals surface area contributed by atoms with Crippen molar-refractivity contribution in [2.24, 2.45) is 5.92 Å². The molecule has 32 heavy (non-hydrogen) atoms. The highest BCUT2D eigenvalue weighted by Crippen LogP contribution is 2.39. The summed E-state index contributed by atoms with van der Waals surface area (Å²) in [5.74, 6) is 1.67. The van der Waals surface area contributed by atoms with Crippen molar-refractivity contribution >= 4 is 34.8 Å². The van der Waals surface area contributed by atoms with E-state index in [4.69, 9.17) is 21.1 Å². The number of hydrogen-bond donors (Lipinski definition) is 0. The molecule has 1 aliphatic heterocycles. The van der Waals surface area contributed by atoms with E-state index < -0.39 is 0 Å². The Morgan fingerprint density at radius 2 is 1.75 bits per heavy atom. The van der Waals surface area contributed by atoms with E-state index in [0.29, 0.717) is 41.2 Å². The molecular weight excluding hydrogens is 422 g/mol. The van der Waals surface area contributed by atoms with Crippen LogP contribution in [0.4, 0.5) is 5.69 Å². The quantitative estimate of drug-likeness (QED) is 0.389. The molecule has 1 amide bonds. The molecule has 0 saturated heterocycles. The van der Waals surface area contributed by atoms with Gasteiger partial charge in [-0.2, -0.15) is 0 Å². The molecule has 0 N–H and O–H groups in total. The van der Waals surface area contributed by atoms with Crippen molar-refractivity contribution in [1.29, 1.82) is 0 Å². The largest absolute Gasteiger partial charge is 0.493 e. The number of carbonyl (C=O) groups excluding carboxylic acids is 1. The van der Waals surface area contributed by atoms with Crippen LogP contribution in [0.1, 0.15) is 30.5 Å². The molecule has 164 valence electrons. The lowest BCUT2D eigenvalue weighted by atomic mass is 10.0. The van der Waals surface area contributed by atoms with Gasteiger partial charge in [-0.1, -0.05) is 61.8 Å². The lowest BCUT2D eigenvalue weighted by molar-refractivity contribution is -0.113. The summed E-state index contributed by atoms with van der Waals surface area (Å²) >= 11 is 5.95. The lowest BCUT2D eigenvalue weighted by Gasteiger charge is -2.19. The highest BCUT2D eigenvalue weighted by molar-refractivity contribution is 6.35. The highest BCUT2D eigenvalue weighted by Gasteiger charge is 2.32. The van der Waals surface area contributed by atoms with Gasteiger partial charge in [-0.25, -0.2) is 0 Å². The van der Waals surface area contributed by atoms with Gasteiger partial charge in [-0.15, -0.1) is 0 Å². The van der Waals surface area contributed by atoms with E-state index in [1.807, 2.05) is 77.7 Å². The molecule has 0 fully saturated rings. The van der Waals surface area contributed by atoms with Crippen LogP contribution in [0.3, 0.4) is 0 Å². The molecular formula is C27H26ClNO3. The average molecular weight is 448 g/mol. The molecule has 0 atom stereocenters. The van der Waals surface area contributed by atoms with E-state index in [9.17, 15) is 4.79 Å². The van der Waals surface area contributed by atoms with Crippen molar-refractivity contribution in [2.75, 3.05) is 18.6 Å². The van der Waals surface area contributed by atoms with E-state index in [1.54, 1.807) is 7.11 Å². The Hall–Kier alpha value is -3.24. The topological polar surface area (TPSA) is 38.8 Å². The maximum atomic E-state index is 13.2. The van der Waals surface area contributed by atoms with Crippen molar-refractivity contribution in [3.8, 4) is 11.5 Å². The summed E-state index contributed by atoms with van der Waals surface area (Å²) in [6, 6.07) is 21.2. The number of carbonyl (C=O) groups is 1. The Kier molecular flexibility index (Phi) is 6.52. The van der Waals surface area contributed by atoms with Crippen molar-refractivity contribution in [1.82, 2.24) is 0 Å². The van der Waals surface area contributed by atoms with E-state index in [1.165, 1.54) is 0 Å². The number of ether oxygens (including phenoxy) is 2. The minimum atomic E-state index is 0.0296. The first-order valence-corrected chi connectivity index (χ1v) is 11.0. The molecule has 3 aromatic carbocycles. The second kappa shape index (κ2) is 9.49. The number of amides is 1. The number of benzene rings is 3. The number of halogens is 1. The van der Waals surface area contributed by atoms with Crippen LogP contribution in [0.25, 0.3) is 11.6 Å². The Bertz CT molecular complexity index is 1150.